The van der Waals surface area contributed by atoms with E-state index in [-0.39, 0.29) is 18.9 Å². The van der Waals surface area contributed by atoms with Gasteiger partial charge in [0.2, 0.25) is 0 Å². The van der Waals surface area contributed by atoms with Crippen molar-refractivity contribution in [2.75, 3.05) is 13.7 Å². The SMILES string of the molecule is COC(=O)[C@H](Cc1ccccc1)N1C(=O)[C@H](CC(=O)O)N(CC(C)C)C1=O. The molecule has 1 aromatic rings. The molecular weight excluding hydrogens is 352 g/mol. The molecule has 2 rings (SSSR count). The van der Waals surface area contributed by atoms with Gasteiger partial charge in [0.05, 0.1) is 13.5 Å². The van der Waals surface area contributed by atoms with Crippen LogP contribution in [0.15, 0.2) is 30.3 Å². The van der Waals surface area contributed by atoms with Gasteiger partial charge in [-0.3, -0.25) is 9.59 Å². The second-order valence-electron chi connectivity index (χ2n) is 6.88. The Morgan fingerprint density at radius 2 is 1.81 bits per heavy atom. The molecular formula is C19H24N2O6. The highest BCUT2D eigenvalue weighted by Gasteiger charge is 2.50. The predicted octanol–water partition coefficient (Wildman–Crippen LogP) is 1.53. The highest BCUT2D eigenvalue weighted by molar-refractivity contribution is 6.08. The van der Waals surface area contributed by atoms with Crippen LogP contribution in [0.2, 0.25) is 0 Å². The molecule has 0 unspecified atom stereocenters. The molecule has 0 aromatic heterocycles. The molecule has 1 aliphatic heterocycles. The lowest BCUT2D eigenvalue weighted by Crippen LogP contribution is -2.48. The molecule has 1 aromatic carbocycles. The highest BCUT2D eigenvalue weighted by Crippen LogP contribution is 2.26. The van der Waals surface area contributed by atoms with E-state index >= 15 is 0 Å². The molecule has 1 aliphatic rings. The van der Waals surface area contributed by atoms with Gasteiger partial charge in [0.15, 0.2) is 0 Å². The van der Waals surface area contributed by atoms with Gasteiger partial charge in [0.1, 0.15) is 12.1 Å². The Hall–Kier alpha value is -2.90. The quantitative estimate of drug-likeness (QED) is 0.545. The smallest absolute Gasteiger partial charge is 0.329 e. The summed E-state index contributed by atoms with van der Waals surface area (Å²) in [5.41, 5.74) is 0.755. The Morgan fingerprint density at radius 3 is 2.33 bits per heavy atom. The lowest BCUT2D eigenvalue weighted by molar-refractivity contribution is -0.150. The first kappa shape index (κ1) is 20.4. The Balaban J connectivity index is 2.38. The van der Waals surface area contributed by atoms with E-state index in [2.05, 4.69) is 0 Å². The summed E-state index contributed by atoms with van der Waals surface area (Å²) < 4.78 is 4.81. The van der Waals surface area contributed by atoms with Crippen molar-refractivity contribution >= 4 is 23.9 Å². The summed E-state index contributed by atoms with van der Waals surface area (Å²) in [6.07, 6.45) is -0.409. The number of esters is 1. The number of methoxy groups -OCH3 is 1. The fraction of sp³-hybridized carbons (Fsp3) is 0.474. The van der Waals surface area contributed by atoms with Gasteiger partial charge in [-0.1, -0.05) is 44.2 Å². The minimum Gasteiger partial charge on any atom is -0.481 e. The third-order valence-corrected chi connectivity index (χ3v) is 4.34. The molecule has 1 saturated heterocycles. The van der Waals surface area contributed by atoms with Crippen molar-refractivity contribution in [2.45, 2.75) is 38.8 Å². The molecule has 0 aliphatic carbocycles. The van der Waals surface area contributed by atoms with Crippen LogP contribution in [0.5, 0.6) is 0 Å². The Labute approximate surface area is 157 Å². The first-order valence-electron chi connectivity index (χ1n) is 8.73. The summed E-state index contributed by atoms with van der Waals surface area (Å²) in [5, 5.41) is 9.14. The number of rotatable bonds is 8. The van der Waals surface area contributed by atoms with E-state index in [0.29, 0.717) is 0 Å². The van der Waals surface area contributed by atoms with Crippen molar-refractivity contribution in [3.8, 4) is 0 Å². The maximum Gasteiger partial charge on any atom is 0.329 e. The van der Waals surface area contributed by atoms with E-state index in [4.69, 9.17) is 9.84 Å². The van der Waals surface area contributed by atoms with Crippen molar-refractivity contribution in [1.29, 1.82) is 0 Å². The second-order valence-corrected chi connectivity index (χ2v) is 6.88. The number of benzene rings is 1. The number of amides is 3. The predicted molar refractivity (Wildman–Crippen MR) is 95.8 cm³/mol. The maximum atomic E-state index is 12.9. The van der Waals surface area contributed by atoms with Gasteiger partial charge in [-0.25, -0.2) is 14.5 Å². The maximum absolute atomic E-state index is 12.9. The molecule has 8 heteroatoms. The lowest BCUT2D eigenvalue weighted by atomic mass is 10.0. The van der Waals surface area contributed by atoms with Gasteiger partial charge in [0, 0.05) is 13.0 Å². The van der Waals surface area contributed by atoms with Crippen LogP contribution in [0.3, 0.4) is 0 Å². The number of nitrogens with zero attached hydrogens (tertiary/aromatic N) is 2. The number of carboxylic acid groups (broad SMARTS) is 1. The van der Waals surface area contributed by atoms with Gasteiger partial charge in [-0.15, -0.1) is 0 Å². The molecule has 0 saturated carbocycles. The Morgan fingerprint density at radius 1 is 1.19 bits per heavy atom. The van der Waals surface area contributed by atoms with E-state index in [1.807, 2.05) is 19.9 Å². The van der Waals surface area contributed by atoms with E-state index in [1.54, 1.807) is 24.3 Å². The number of aliphatic carboxylic acids is 1. The standard InChI is InChI=1S/C19H24N2O6/c1-12(2)11-20-14(10-16(22)23)17(24)21(19(20)26)15(18(25)27-3)9-13-7-5-4-6-8-13/h4-8,12,14-15H,9-11H2,1-3H3,(H,22,23)/t14-,15-/m0/s1. The van der Waals surface area contributed by atoms with Crippen molar-refractivity contribution < 1.29 is 29.0 Å². The monoisotopic (exact) mass is 376 g/mol. The molecule has 2 atom stereocenters. The zero-order valence-electron chi connectivity index (χ0n) is 15.6. The van der Waals surface area contributed by atoms with Crippen molar-refractivity contribution in [3.63, 3.8) is 0 Å². The van der Waals surface area contributed by atoms with Crippen LogP contribution in [-0.4, -0.2) is 64.5 Å². The van der Waals surface area contributed by atoms with Gasteiger partial charge < -0.3 is 14.7 Å². The van der Waals surface area contributed by atoms with Crippen LogP contribution in [-0.2, 0) is 25.5 Å². The van der Waals surface area contributed by atoms with Crippen molar-refractivity contribution in [3.05, 3.63) is 35.9 Å². The molecule has 146 valence electrons. The van der Waals surface area contributed by atoms with E-state index in [1.165, 1.54) is 12.0 Å². The van der Waals surface area contributed by atoms with Crippen molar-refractivity contribution in [2.24, 2.45) is 5.92 Å². The van der Waals surface area contributed by atoms with Crippen LogP contribution < -0.4 is 0 Å². The number of carboxylic acids is 1. The number of urea groups is 1. The third kappa shape index (κ3) is 4.64. The van der Waals surface area contributed by atoms with Crippen LogP contribution in [0.4, 0.5) is 4.79 Å². The fourth-order valence-electron chi connectivity index (χ4n) is 3.16. The average Bonchev–Trinajstić information content (AvgIpc) is 2.83. The number of hydrogen-bond acceptors (Lipinski definition) is 5. The zero-order chi connectivity index (χ0) is 20.1. The molecule has 3 amide bonds. The zero-order valence-corrected chi connectivity index (χ0v) is 15.6. The summed E-state index contributed by atoms with van der Waals surface area (Å²) in [6, 6.07) is 6.02. The average molecular weight is 376 g/mol. The molecule has 1 fully saturated rings. The van der Waals surface area contributed by atoms with Crippen LogP contribution >= 0.6 is 0 Å². The summed E-state index contributed by atoms with van der Waals surface area (Å²) in [7, 11) is 1.19. The summed E-state index contributed by atoms with van der Waals surface area (Å²) in [4.78, 5) is 51.5. The minimum atomic E-state index is -1.19. The molecule has 0 spiro atoms. The molecule has 1 heterocycles. The van der Waals surface area contributed by atoms with Gasteiger partial charge in [-0.05, 0) is 11.5 Å². The van der Waals surface area contributed by atoms with Crippen LogP contribution in [0.1, 0.15) is 25.8 Å². The van der Waals surface area contributed by atoms with E-state index in [9.17, 15) is 19.2 Å². The molecule has 8 nitrogen and oxygen atoms in total. The largest absolute Gasteiger partial charge is 0.481 e. The van der Waals surface area contributed by atoms with Crippen molar-refractivity contribution in [1.82, 2.24) is 9.80 Å². The van der Waals surface area contributed by atoms with E-state index in [0.717, 1.165) is 10.5 Å². The number of hydrogen-bond donors (Lipinski definition) is 1. The minimum absolute atomic E-state index is 0.0312. The highest BCUT2D eigenvalue weighted by atomic mass is 16.5. The summed E-state index contributed by atoms with van der Waals surface area (Å²) >= 11 is 0. The van der Waals surface area contributed by atoms with Crippen LogP contribution in [0, 0.1) is 5.92 Å². The third-order valence-electron chi connectivity index (χ3n) is 4.34. The van der Waals surface area contributed by atoms with Gasteiger partial charge >= 0.3 is 18.0 Å². The molecule has 0 bridgehead atoms. The first-order valence-corrected chi connectivity index (χ1v) is 8.73. The Kier molecular flexibility index (Phi) is 6.55. The molecule has 27 heavy (non-hydrogen) atoms. The van der Waals surface area contributed by atoms with E-state index < -0.39 is 42.4 Å². The molecule has 1 N–H and O–H groups in total. The number of imide groups is 1. The van der Waals surface area contributed by atoms with Gasteiger partial charge in [0.25, 0.3) is 5.91 Å². The van der Waals surface area contributed by atoms with Crippen LogP contribution in [0.25, 0.3) is 0 Å². The Bertz CT molecular complexity index is 718. The first-order chi connectivity index (χ1) is 12.8. The lowest BCUT2D eigenvalue weighted by Gasteiger charge is -2.25. The second kappa shape index (κ2) is 8.66. The summed E-state index contributed by atoms with van der Waals surface area (Å²) in [6.45, 7) is 3.94. The fourth-order valence-corrected chi connectivity index (χ4v) is 3.16. The summed E-state index contributed by atoms with van der Waals surface area (Å²) in [5.74, 6) is -2.56. The normalized spacial score (nSPS) is 18.1. The number of ether oxygens (including phenoxy) is 1. The number of carbonyl (C=O) groups is 4. The molecule has 0 radical (unpaired) electrons. The number of carbonyl (C=O) groups excluding carboxylic acids is 3. The topological polar surface area (TPSA) is 104 Å². The van der Waals surface area contributed by atoms with Gasteiger partial charge in [-0.2, -0.15) is 0 Å².